The maximum atomic E-state index is 17.0. The summed E-state index contributed by atoms with van der Waals surface area (Å²) in [5.41, 5.74) is -2.55. The van der Waals surface area contributed by atoms with E-state index in [2.05, 4.69) is 9.48 Å². The number of rotatable bonds is 6. The van der Waals surface area contributed by atoms with Gasteiger partial charge < -0.3 is 24.0 Å². The lowest BCUT2D eigenvalue weighted by Gasteiger charge is -2.33. The maximum Gasteiger partial charge on any atom is 0.373 e. The quantitative estimate of drug-likeness (QED) is 0.121. The van der Waals surface area contributed by atoms with Crippen LogP contribution in [0.15, 0.2) is 40.8 Å². The van der Waals surface area contributed by atoms with Crippen LogP contribution in [-0.4, -0.2) is 50.9 Å². The molecule has 0 N–H and O–H groups in total. The summed E-state index contributed by atoms with van der Waals surface area (Å²) in [4.78, 5) is 44.0. The number of fused-ring (bicyclic) bond motifs is 2. The molecule has 2 saturated heterocycles. The third-order valence-corrected chi connectivity index (χ3v) is 8.62. The van der Waals surface area contributed by atoms with E-state index in [0.717, 1.165) is 50.1 Å². The van der Waals surface area contributed by atoms with Crippen LogP contribution in [0.5, 0.6) is 0 Å². The number of ether oxygens (including phenoxy) is 1. The lowest BCUT2D eigenvalue weighted by molar-refractivity contribution is -0.255. The Morgan fingerprint density at radius 1 is 1.00 bits per heavy atom. The van der Waals surface area contributed by atoms with Crippen LogP contribution in [0.4, 0.5) is 18.9 Å². The van der Waals surface area contributed by atoms with Crippen LogP contribution < -0.4 is 19.9 Å². The van der Waals surface area contributed by atoms with E-state index in [4.69, 9.17) is 18.7 Å². The fraction of sp³-hybridized carbons (Fsp3) is 0.389. The van der Waals surface area contributed by atoms with Crippen molar-refractivity contribution < 1.29 is 46.6 Å². The molecule has 3 heterocycles. The number of benzene rings is 3. The Balaban J connectivity index is 0.00000125. The summed E-state index contributed by atoms with van der Waals surface area (Å²) in [6, 6.07) is 10.5. The summed E-state index contributed by atoms with van der Waals surface area (Å²) in [7, 11) is 0. The summed E-state index contributed by atoms with van der Waals surface area (Å²) in [6.07, 6.45) is 2.31. The molecule has 0 saturated carbocycles. The highest BCUT2D eigenvalue weighted by atomic mass is 19.2. The van der Waals surface area contributed by atoms with Gasteiger partial charge in [0.2, 0.25) is 5.36 Å². The lowest BCUT2D eigenvalue weighted by Crippen LogP contribution is -2.40. The largest absolute Gasteiger partial charge is 0.545 e. The molecule has 0 spiro atoms. The van der Waals surface area contributed by atoms with E-state index in [0.29, 0.717) is 22.3 Å². The average Bonchev–Trinajstić information content (AvgIpc) is 2.93. The van der Waals surface area contributed by atoms with Gasteiger partial charge in [-0.15, -0.1) is 0 Å². The fourth-order valence-corrected chi connectivity index (χ4v) is 6.17. The molecule has 0 aromatic heterocycles. The first-order valence-corrected chi connectivity index (χ1v) is 15.2. The van der Waals surface area contributed by atoms with E-state index < -0.39 is 57.4 Å². The highest BCUT2D eigenvalue weighted by Crippen LogP contribution is 2.48. The van der Waals surface area contributed by atoms with Crippen LogP contribution in [0, 0.1) is 22.9 Å². The standard InChI is InChI=1S/C34H33F3N2O5.CO2.CH4/c1-5-43-33(42)28(34(2,3)4)27-29(35)25(26(32(40)41)30(36)31(27)37)24-20-10-8-18(38-12-6-13-38)16-22(20)44-23-17-19(9-11-21(23)24)39-14-7-15-39;2-1-3;/h8-11,16-17,28H,5-7,12-15H2,1-4H3;;1H4. The summed E-state index contributed by atoms with van der Waals surface area (Å²) >= 11 is 0. The van der Waals surface area contributed by atoms with Crippen molar-refractivity contribution in [2.75, 3.05) is 37.7 Å². The third-order valence-electron chi connectivity index (χ3n) is 8.62. The lowest BCUT2D eigenvalue weighted by atomic mass is 9.74. The molecule has 1 unspecified atom stereocenters. The molecule has 2 fully saturated rings. The molecule has 2 aromatic carbocycles. The number of carboxylic acids is 1. The predicted octanol–water partition coefficient (Wildman–Crippen LogP) is 5.12. The molecule has 1 atom stereocenters. The molecule has 6 rings (SSSR count). The minimum atomic E-state index is -2.10. The number of halogens is 3. The van der Waals surface area contributed by atoms with E-state index in [1.54, 1.807) is 64.1 Å². The van der Waals surface area contributed by atoms with Crippen LogP contribution >= 0.6 is 0 Å². The van der Waals surface area contributed by atoms with Crippen molar-refractivity contribution in [3.05, 3.63) is 70.3 Å². The van der Waals surface area contributed by atoms with Crippen molar-refractivity contribution in [2.24, 2.45) is 5.41 Å². The molecule has 0 amide bonds. The zero-order valence-corrected chi connectivity index (χ0v) is 26.4. The topological polar surface area (TPSA) is 120 Å². The van der Waals surface area contributed by atoms with E-state index in [1.165, 1.54) is 0 Å². The van der Waals surface area contributed by atoms with Crippen LogP contribution in [0.2, 0.25) is 0 Å². The van der Waals surface area contributed by atoms with Crippen LogP contribution in [0.3, 0.4) is 0 Å². The number of aromatic carboxylic acids is 1. The summed E-state index contributed by atoms with van der Waals surface area (Å²) in [5, 5.41) is 13.6. The number of carbonyl (C=O) groups excluding carboxylic acids is 4. The molecule has 1 aliphatic carbocycles. The first kappa shape index (κ1) is 35.9. The normalized spacial score (nSPS) is 14.6. The second kappa shape index (κ2) is 14.0. The van der Waals surface area contributed by atoms with Crippen LogP contribution in [-0.2, 0) is 19.1 Å². The zero-order valence-electron chi connectivity index (χ0n) is 26.4. The van der Waals surface area contributed by atoms with Gasteiger partial charge in [-0.3, -0.25) is 4.79 Å². The van der Waals surface area contributed by atoms with Gasteiger partial charge in [0, 0.05) is 64.1 Å². The summed E-state index contributed by atoms with van der Waals surface area (Å²) in [6.45, 7) is 9.58. The minimum Gasteiger partial charge on any atom is -0.545 e. The number of nitrogens with zero attached hydrogens (tertiary/aromatic N) is 2. The molecule has 9 nitrogen and oxygen atoms in total. The molecule has 3 aliphatic heterocycles. The molecule has 2 aromatic rings. The van der Waals surface area contributed by atoms with E-state index in [-0.39, 0.29) is 25.7 Å². The van der Waals surface area contributed by atoms with Crippen LogP contribution in [0.25, 0.3) is 33.4 Å². The zero-order chi connectivity index (χ0) is 34.2. The molecule has 4 aliphatic rings. The number of carboxylic acid groups (broad SMARTS) is 1. The highest BCUT2D eigenvalue weighted by Gasteiger charge is 2.42. The fourth-order valence-electron chi connectivity index (χ4n) is 6.17. The Labute approximate surface area is 275 Å². The van der Waals surface area contributed by atoms with Gasteiger partial charge in [0.15, 0.2) is 11.6 Å². The average molecular weight is 667 g/mol. The minimum absolute atomic E-state index is 0. The van der Waals surface area contributed by atoms with Crippen molar-refractivity contribution in [1.82, 2.24) is 4.58 Å². The Kier molecular flexibility index (Phi) is 10.5. The SMILES string of the molecule is C.CCOC(=O)C(c1c(F)c(F)c(C(=O)[O-])c(-c2c3ccc(=[N+]4CCC4)cc-3oc3cc(N4CCC4)ccc23)c1F)C(C)(C)C.O=C=O. The van der Waals surface area contributed by atoms with Crippen molar-refractivity contribution in [1.29, 1.82) is 0 Å². The van der Waals surface area contributed by atoms with Crippen molar-refractivity contribution in [3.63, 3.8) is 0 Å². The van der Waals surface area contributed by atoms with Crippen molar-refractivity contribution >= 4 is 34.7 Å². The number of hydrogen-bond acceptors (Lipinski definition) is 8. The van der Waals surface area contributed by atoms with Gasteiger partial charge in [-0.05, 0) is 37.0 Å². The summed E-state index contributed by atoms with van der Waals surface area (Å²) in [5.74, 6) is -9.29. The molecule has 0 bridgehead atoms. The second-order valence-electron chi connectivity index (χ2n) is 12.5. The highest BCUT2D eigenvalue weighted by molar-refractivity contribution is 6.08. The van der Waals surface area contributed by atoms with Gasteiger partial charge in [-0.2, -0.15) is 9.59 Å². The number of carbonyl (C=O) groups is 2. The Morgan fingerprint density at radius 2 is 1.67 bits per heavy atom. The van der Waals surface area contributed by atoms with Crippen LogP contribution in [0.1, 0.15) is 69.8 Å². The monoisotopic (exact) mass is 666 g/mol. The Hall–Kier alpha value is -4.96. The van der Waals surface area contributed by atoms with Crippen molar-refractivity contribution in [3.8, 4) is 22.5 Å². The summed E-state index contributed by atoms with van der Waals surface area (Å²) < 4.78 is 62.4. The molecule has 0 radical (unpaired) electrons. The number of hydrogen-bond donors (Lipinski definition) is 0. The molecule has 254 valence electrons. The molecular formula is C36H37F3N2O7. The first-order chi connectivity index (χ1) is 22.3. The van der Waals surface area contributed by atoms with Gasteiger partial charge in [0.1, 0.15) is 30.3 Å². The second-order valence-corrected chi connectivity index (χ2v) is 12.5. The molecular weight excluding hydrogens is 629 g/mol. The predicted molar refractivity (Wildman–Crippen MR) is 169 cm³/mol. The van der Waals surface area contributed by atoms with Gasteiger partial charge in [0.25, 0.3) is 0 Å². The molecule has 12 heteroatoms. The van der Waals surface area contributed by atoms with E-state index >= 15 is 13.2 Å². The van der Waals surface area contributed by atoms with E-state index in [9.17, 15) is 14.7 Å². The number of anilines is 1. The van der Waals surface area contributed by atoms with Gasteiger partial charge in [-0.1, -0.05) is 28.2 Å². The smallest absolute Gasteiger partial charge is 0.373 e. The van der Waals surface area contributed by atoms with Gasteiger partial charge in [0.05, 0.1) is 31.0 Å². The van der Waals surface area contributed by atoms with Gasteiger partial charge in [-0.25, -0.2) is 17.7 Å². The Morgan fingerprint density at radius 3 is 2.19 bits per heavy atom. The van der Waals surface area contributed by atoms with Crippen molar-refractivity contribution in [2.45, 2.75) is 53.9 Å². The third kappa shape index (κ3) is 6.32. The molecule has 48 heavy (non-hydrogen) atoms. The van der Waals surface area contributed by atoms with E-state index in [1.807, 2.05) is 0 Å². The maximum absolute atomic E-state index is 17.0. The first-order valence-electron chi connectivity index (χ1n) is 15.2. The van der Waals surface area contributed by atoms with Gasteiger partial charge >= 0.3 is 12.1 Å². The number of esters is 1. The Bertz CT molecular complexity index is 1960.